The Morgan fingerprint density at radius 2 is 2.35 bits per heavy atom. The molecule has 3 nitrogen and oxygen atoms in total. The predicted octanol–water partition coefficient (Wildman–Crippen LogP) is 1.59. The number of nitrogens with zero attached hydrogens (tertiary/aromatic N) is 1. The van der Waals surface area contributed by atoms with Gasteiger partial charge in [-0.15, -0.1) is 0 Å². The molecule has 1 amide bonds. The van der Waals surface area contributed by atoms with Crippen LogP contribution in [0, 0.1) is 18.7 Å². The zero-order chi connectivity index (χ0) is 12.4. The number of benzene rings is 1. The van der Waals surface area contributed by atoms with Crippen LogP contribution in [0.4, 0.5) is 4.39 Å². The highest BCUT2D eigenvalue weighted by atomic mass is 19.1. The molecule has 92 valence electrons. The molecule has 1 N–H and O–H groups in total. The number of rotatable bonds is 2. The van der Waals surface area contributed by atoms with Crippen LogP contribution in [-0.2, 0) is 0 Å². The second-order valence-electron chi connectivity index (χ2n) is 4.55. The van der Waals surface area contributed by atoms with Gasteiger partial charge in [-0.2, -0.15) is 0 Å². The van der Waals surface area contributed by atoms with Crippen LogP contribution < -0.4 is 0 Å². The number of hydrogen-bond acceptors (Lipinski definition) is 2. The lowest BCUT2D eigenvalue weighted by Crippen LogP contribution is -2.29. The van der Waals surface area contributed by atoms with Crippen LogP contribution >= 0.6 is 0 Å². The summed E-state index contributed by atoms with van der Waals surface area (Å²) in [5.41, 5.74) is 1.20. The normalized spacial score (nSPS) is 19.7. The molecule has 1 atom stereocenters. The smallest absolute Gasteiger partial charge is 0.254 e. The molecule has 0 spiro atoms. The summed E-state index contributed by atoms with van der Waals surface area (Å²) in [5.74, 6) is -0.373. The SMILES string of the molecule is Cc1ccc(F)cc1C(=O)N1CCC(CO)C1. The van der Waals surface area contributed by atoms with Gasteiger partial charge in [-0.25, -0.2) is 4.39 Å². The number of amides is 1. The fourth-order valence-electron chi connectivity index (χ4n) is 2.16. The summed E-state index contributed by atoms with van der Waals surface area (Å²) in [5, 5.41) is 9.04. The third kappa shape index (κ3) is 2.47. The van der Waals surface area contributed by atoms with Crippen molar-refractivity contribution < 1.29 is 14.3 Å². The molecule has 4 heteroatoms. The van der Waals surface area contributed by atoms with Crippen molar-refractivity contribution in [1.29, 1.82) is 0 Å². The Morgan fingerprint density at radius 1 is 1.59 bits per heavy atom. The standard InChI is InChI=1S/C13H16FNO2/c1-9-2-3-11(14)6-12(9)13(17)15-5-4-10(7-15)8-16/h2-3,6,10,16H,4-5,7-8H2,1H3. The molecule has 0 saturated carbocycles. The second-order valence-corrected chi connectivity index (χ2v) is 4.55. The molecule has 17 heavy (non-hydrogen) atoms. The van der Waals surface area contributed by atoms with E-state index in [-0.39, 0.29) is 18.4 Å². The van der Waals surface area contributed by atoms with Crippen molar-refractivity contribution >= 4 is 5.91 Å². The Bertz CT molecular complexity index is 433. The van der Waals surface area contributed by atoms with Crippen molar-refractivity contribution in [1.82, 2.24) is 4.90 Å². The lowest BCUT2D eigenvalue weighted by molar-refractivity contribution is 0.0780. The maximum absolute atomic E-state index is 13.1. The van der Waals surface area contributed by atoms with Crippen molar-refractivity contribution in [3.63, 3.8) is 0 Å². The molecule has 0 aromatic heterocycles. The highest BCUT2D eigenvalue weighted by Crippen LogP contribution is 2.20. The van der Waals surface area contributed by atoms with Crippen LogP contribution in [0.1, 0.15) is 22.3 Å². The summed E-state index contributed by atoms with van der Waals surface area (Å²) in [4.78, 5) is 13.8. The van der Waals surface area contributed by atoms with Crippen molar-refractivity contribution in [3.05, 3.63) is 35.1 Å². The topological polar surface area (TPSA) is 40.5 Å². The zero-order valence-corrected chi connectivity index (χ0v) is 9.82. The van der Waals surface area contributed by atoms with E-state index in [1.54, 1.807) is 17.9 Å². The van der Waals surface area contributed by atoms with Gasteiger partial charge in [0.25, 0.3) is 5.91 Å². The average molecular weight is 237 g/mol. The van der Waals surface area contributed by atoms with E-state index in [0.717, 1.165) is 12.0 Å². The Hall–Kier alpha value is -1.42. The molecular formula is C13H16FNO2. The number of carbonyl (C=O) groups excluding carboxylic acids is 1. The van der Waals surface area contributed by atoms with Crippen LogP contribution in [0.25, 0.3) is 0 Å². The first-order valence-corrected chi connectivity index (χ1v) is 5.78. The maximum Gasteiger partial charge on any atom is 0.254 e. The first-order valence-electron chi connectivity index (χ1n) is 5.78. The third-order valence-corrected chi connectivity index (χ3v) is 3.26. The third-order valence-electron chi connectivity index (χ3n) is 3.26. The van der Waals surface area contributed by atoms with Gasteiger partial charge >= 0.3 is 0 Å². The summed E-state index contributed by atoms with van der Waals surface area (Å²) >= 11 is 0. The first kappa shape index (κ1) is 12.0. The molecule has 1 heterocycles. The fourth-order valence-corrected chi connectivity index (χ4v) is 2.16. The van der Waals surface area contributed by atoms with Crippen LogP contribution in [0.2, 0.25) is 0 Å². The van der Waals surface area contributed by atoms with E-state index in [1.807, 2.05) is 0 Å². The van der Waals surface area contributed by atoms with E-state index in [2.05, 4.69) is 0 Å². The van der Waals surface area contributed by atoms with Gasteiger partial charge in [0.2, 0.25) is 0 Å². The van der Waals surface area contributed by atoms with Crippen LogP contribution in [0.15, 0.2) is 18.2 Å². The molecule has 1 aromatic carbocycles. The summed E-state index contributed by atoms with van der Waals surface area (Å²) in [6.45, 7) is 3.10. The molecule has 0 aliphatic carbocycles. The van der Waals surface area contributed by atoms with E-state index < -0.39 is 5.82 Å². The van der Waals surface area contributed by atoms with Gasteiger partial charge in [0.1, 0.15) is 5.82 Å². The quantitative estimate of drug-likeness (QED) is 0.848. The molecule has 1 aliphatic rings. The van der Waals surface area contributed by atoms with Gasteiger partial charge in [-0.05, 0) is 31.0 Å². The van der Waals surface area contributed by atoms with Gasteiger partial charge in [0.05, 0.1) is 0 Å². The lowest BCUT2D eigenvalue weighted by Gasteiger charge is -2.17. The zero-order valence-electron chi connectivity index (χ0n) is 9.82. The molecule has 0 bridgehead atoms. The number of hydrogen-bond donors (Lipinski definition) is 1. The molecule has 1 aromatic rings. The molecule has 0 radical (unpaired) electrons. The number of aryl methyl sites for hydroxylation is 1. The Kier molecular flexibility index (Phi) is 3.43. The Labute approximate surface area is 99.9 Å². The minimum atomic E-state index is -0.392. The molecule has 1 saturated heterocycles. The average Bonchev–Trinajstić information content (AvgIpc) is 2.80. The van der Waals surface area contributed by atoms with Crippen LogP contribution in [0.3, 0.4) is 0 Å². The van der Waals surface area contributed by atoms with Crippen molar-refractivity contribution in [3.8, 4) is 0 Å². The number of aliphatic hydroxyl groups is 1. The van der Waals surface area contributed by atoms with Crippen molar-refractivity contribution in [2.75, 3.05) is 19.7 Å². The Balaban J connectivity index is 2.17. The molecule has 1 unspecified atom stereocenters. The molecular weight excluding hydrogens is 221 g/mol. The Morgan fingerprint density at radius 3 is 3.00 bits per heavy atom. The van der Waals surface area contributed by atoms with Gasteiger partial charge in [0, 0.05) is 31.2 Å². The van der Waals surface area contributed by atoms with Crippen LogP contribution in [0.5, 0.6) is 0 Å². The summed E-state index contributed by atoms with van der Waals surface area (Å²) in [6, 6.07) is 4.25. The highest BCUT2D eigenvalue weighted by molar-refractivity contribution is 5.95. The summed E-state index contributed by atoms with van der Waals surface area (Å²) in [7, 11) is 0. The van der Waals surface area contributed by atoms with E-state index in [4.69, 9.17) is 5.11 Å². The molecule has 1 fully saturated rings. The maximum atomic E-state index is 13.1. The second kappa shape index (κ2) is 4.84. The fraction of sp³-hybridized carbons (Fsp3) is 0.462. The van der Waals surface area contributed by atoms with E-state index in [0.29, 0.717) is 18.7 Å². The lowest BCUT2D eigenvalue weighted by atomic mass is 10.1. The van der Waals surface area contributed by atoms with Crippen LogP contribution in [-0.4, -0.2) is 35.6 Å². The molecule has 1 aliphatic heterocycles. The minimum Gasteiger partial charge on any atom is -0.396 e. The largest absolute Gasteiger partial charge is 0.396 e. The number of aliphatic hydroxyl groups excluding tert-OH is 1. The minimum absolute atomic E-state index is 0.103. The summed E-state index contributed by atoms with van der Waals surface area (Å²) < 4.78 is 13.1. The van der Waals surface area contributed by atoms with Gasteiger partial charge < -0.3 is 10.0 Å². The van der Waals surface area contributed by atoms with Gasteiger partial charge in [-0.3, -0.25) is 4.79 Å². The highest BCUT2D eigenvalue weighted by Gasteiger charge is 2.27. The van der Waals surface area contributed by atoms with Crippen molar-refractivity contribution in [2.45, 2.75) is 13.3 Å². The molecule has 2 rings (SSSR count). The summed E-state index contributed by atoms with van der Waals surface area (Å²) in [6.07, 6.45) is 0.816. The van der Waals surface area contributed by atoms with Gasteiger partial charge in [0.15, 0.2) is 0 Å². The predicted molar refractivity (Wildman–Crippen MR) is 62.2 cm³/mol. The number of halogens is 1. The van der Waals surface area contributed by atoms with E-state index in [9.17, 15) is 9.18 Å². The van der Waals surface area contributed by atoms with Crippen molar-refractivity contribution in [2.24, 2.45) is 5.92 Å². The number of carbonyl (C=O) groups is 1. The van der Waals surface area contributed by atoms with Gasteiger partial charge in [-0.1, -0.05) is 6.07 Å². The van der Waals surface area contributed by atoms with E-state index in [1.165, 1.54) is 12.1 Å². The monoisotopic (exact) mass is 237 g/mol. The first-order chi connectivity index (χ1) is 8.11. The number of likely N-dealkylation sites (tertiary alicyclic amines) is 1. The van der Waals surface area contributed by atoms with E-state index >= 15 is 0 Å².